The van der Waals surface area contributed by atoms with Crippen molar-refractivity contribution in [1.29, 1.82) is 0 Å². The van der Waals surface area contributed by atoms with E-state index >= 15 is 0 Å². The largest absolute Gasteiger partial charge is 0.310 e. The first kappa shape index (κ1) is 28.8. The van der Waals surface area contributed by atoms with Gasteiger partial charge in [-0.15, -0.1) is 0 Å². The fraction of sp³-hybridized carbons (Fsp3) is 0. The highest BCUT2D eigenvalue weighted by Crippen LogP contribution is 2.44. The highest BCUT2D eigenvalue weighted by molar-refractivity contribution is 6.14. The highest BCUT2D eigenvalue weighted by Gasteiger charge is 2.19. The van der Waals surface area contributed by atoms with Crippen LogP contribution in [0.1, 0.15) is 0 Å². The van der Waals surface area contributed by atoms with E-state index in [0.29, 0.717) is 0 Å². The van der Waals surface area contributed by atoms with Crippen LogP contribution in [0, 0.1) is 0 Å². The average Bonchev–Trinajstić information content (AvgIpc) is 3.18. The summed E-state index contributed by atoms with van der Waals surface area (Å²) in [6, 6.07) is 72.5. The lowest BCUT2D eigenvalue weighted by Crippen LogP contribution is -2.11. The Hall–Kier alpha value is -6.44. The number of nitrogens with zero attached hydrogens (tertiary/aromatic N) is 1. The van der Waals surface area contributed by atoms with Crippen molar-refractivity contribution < 1.29 is 0 Å². The van der Waals surface area contributed by atoms with E-state index in [1.54, 1.807) is 0 Å². The summed E-state index contributed by atoms with van der Waals surface area (Å²) < 4.78 is 0. The molecule has 0 amide bonds. The smallest absolute Gasteiger partial charge is 0.0540 e. The fourth-order valence-electron chi connectivity index (χ4n) is 7.26. The van der Waals surface area contributed by atoms with E-state index in [-0.39, 0.29) is 0 Å². The Morgan fingerprint density at radius 1 is 0.265 bits per heavy atom. The number of para-hydroxylation sites is 1. The standard InChI is InChI=1S/C48H33N/c1-2-15-35(16-3-1)44-24-10-11-27-48(44)49(41-21-12-19-37(31-41)38-29-28-34-14-4-5-17-36(34)30-38)42-22-13-20-39(32-42)47-33-40-18-6-7-23-43(40)45-25-8-9-26-46(45)47/h1-33H. The average molecular weight is 624 g/mol. The molecule has 230 valence electrons. The zero-order valence-electron chi connectivity index (χ0n) is 27.0. The molecular weight excluding hydrogens is 591 g/mol. The minimum absolute atomic E-state index is 1.11. The second-order valence-corrected chi connectivity index (χ2v) is 12.6. The summed E-state index contributed by atoms with van der Waals surface area (Å²) in [5.74, 6) is 0. The van der Waals surface area contributed by atoms with Crippen LogP contribution < -0.4 is 4.90 Å². The van der Waals surface area contributed by atoms with Crippen LogP contribution in [0.4, 0.5) is 17.1 Å². The van der Waals surface area contributed by atoms with Gasteiger partial charge in [-0.2, -0.15) is 0 Å². The van der Waals surface area contributed by atoms with Gasteiger partial charge >= 0.3 is 0 Å². The van der Waals surface area contributed by atoms with E-state index in [9.17, 15) is 0 Å². The summed E-state index contributed by atoms with van der Waals surface area (Å²) in [7, 11) is 0. The number of hydrogen-bond acceptors (Lipinski definition) is 1. The molecule has 0 spiro atoms. The van der Waals surface area contributed by atoms with Gasteiger partial charge in [0.15, 0.2) is 0 Å². The van der Waals surface area contributed by atoms with Crippen molar-refractivity contribution in [3.05, 3.63) is 200 Å². The molecule has 0 atom stereocenters. The van der Waals surface area contributed by atoms with E-state index in [1.165, 1.54) is 65.7 Å². The zero-order chi connectivity index (χ0) is 32.6. The molecule has 0 saturated carbocycles. The van der Waals surface area contributed by atoms with Crippen molar-refractivity contribution in [3.8, 4) is 33.4 Å². The van der Waals surface area contributed by atoms with Gasteiger partial charge in [-0.3, -0.25) is 0 Å². The Morgan fingerprint density at radius 3 is 1.65 bits per heavy atom. The summed E-state index contributed by atoms with van der Waals surface area (Å²) in [5.41, 5.74) is 10.5. The van der Waals surface area contributed by atoms with Gasteiger partial charge in [0.25, 0.3) is 0 Å². The van der Waals surface area contributed by atoms with Crippen LogP contribution in [-0.2, 0) is 0 Å². The Balaban J connectivity index is 1.25. The molecule has 1 heteroatoms. The van der Waals surface area contributed by atoms with Crippen LogP contribution in [0.2, 0.25) is 0 Å². The highest BCUT2D eigenvalue weighted by atomic mass is 15.1. The van der Waals surface area contributed by atoms with Crippen molar-refractivity contribution in [2.24, 2.45) is 0 Å². The van der Waals surface area contributed by atoms with Crippen LogP contribution in [0.5, 0.6) is 0 Å². The lowest BCUT2D eigenvalue weighted by molar-refractivity contribution is 1.28. The second-order valence-electron chi connectivity index (χ2n) is 12.6. The van der Waals surface area contributed by atoms with E-state index in [2.05, 4.69) is 205 Å². The molecule has 0 unspecified atom stereocenters. The van der Waals surface area contributed by atoms with Gasteiger partial charge in [-0.05, 0) is 103 Å². The number of rotatable bonds is 6. The van der Waals surface area contributed by atoms with Gasteiger partial charge in [0.1, 0.15) is 0 Å². The van der Waals surface area contributed by atoms with Gasteiger partial charge in [-0.1, -0.05) is 158 Å². The second kappa shape index (κ2) is 12.3. The first-order valence-electron chi connectivity index (χ1n) is 16.8. The third-order valence-electron chi connectivity index (χ3n) is 9.60. The molecule has 0 radical (unpaired) electrons. The lowest BCUT2D eigenvalue weighted by Gasteiger charge is -2.29. The summed E-state index contributed by atoms with van der Waals surface area (Å²) in [6.07, 6.45) is 0. The predicted octanol–water partition coefficient (Wildman–Crippen LogP) is 13.6. The lowest BCUT2D eigenvalue weighted by atomic mass is 9.93. The van der Waals surface area contributed by atoms with E-state index < -0.39 is 0 Å². The van der Waals surface area contributed by atoms with Gasteiger partial charge in [0.2, 0.25) is 0 Å². The van der Waals surface area contributed by atoms with Crippen LogP contribution in [0.25, 0.3) is 65.7 Å². The third-order valence-corrected chi connectivity index (χ3v) is 9.60. The molecular formula is C48H33N. The Bertz CT molecular complexity index is 2620. The molecule has 0 aliphatic heterocycles. The molecule has 0 saturated heterocycles. The number of fused-ring (bicyclic) bond motifs is 4. The molecule has 49 heavy (non-hydrogen) atoms. The number of hydrogen-bond donors (Lipinski definition) is 0. The van der Waals surface area contributed by atoms with E-state index in [0.717, 1.165) is 17.1 Å². The van der Waals surface area contributed by atoms with Crippen molar-refractivity contribution in [3.63, 3.8) is 0 Å². The van der Waals surface area contributed by atoms with Gasteiger partial charge in [0, 0.05) is 16.9 Å². The molecule has 0 aromatic heterocycles. The van der Waals surface area contributed by atoms with Gasteiger partial charge < -0.3 is 4.90 Å². The molecule has 0 aliphatic rings. The molecule has 0 bridgehead atoms. The summed E-state index contributed by atoms with van der Waals surface area (Å²) in [6.45, 7) is 0. The van der Waals surface area contributed by atoms with Crippen LogP contribution in [0.3, 0.4) is 0 Å². The number of benzene rings is 9. The first-order chi connectivity index (χ1) is 24.3. The maximum Gasteiger partial charge on any atom is 0.0540 e. The van der Waals surface area contributed by atoms with E-state index in [1.807, 2.05) is 0 Å². The molecule has 0 N–H and O–H groups in total. The Morgan fingerprint density at radius 2 is 0.837 bits per heavy atom. The zero-order valence-corrected chi connectivity index (χ0v) is 27.0. The summed E-state index contributed by atoms with van der Waals surface area (Å²) in [5, 5.41) is 7.55. The molecule has 9 rings (SSSR count). The molecule has 0 fully saturated rings. The van der Waals surface area contributed by atoms with Crippen LogP contribution in [0.15, 0.2) is 200 Å². The molecule has 0 heterocycles. The number of anilines is 3. The molecule has 1 nitrogen and oxygen atoms in total. The topological polar surface area (TPSA) is 3.24 Å². The van der Waals surface area contributed by atoms with Crippen molar-refractivity contribution in [1.82, 2.24) is 0 Å². The third kappa shape index (κ3) is 5.32. The Labute approximate surface area is 287 Å². The fourth-order valence-corrected chi connectivity index (χ4v) is 7.26. The van der Waals surface area contributed by atoms with Crippen LogP contribution >= 0.6 is 0 Å². The predicted molar refractivity (Wildman–Crippen MR) is 210 cm³/mol. The van der Waals surface area contributed by atoms with Gasteiger partial charge in [-0.25, -0.2) is 0 Å². The molecule has 0 aliphatic carbocycles. The minimum atomic E-state index is 1.11. The normalized spacial score (nSPS) is 11.3. The van der Waals surface area contributed by atoms with Crippen LogP contribution in [-0.4, -0.2) is 0 Å². The van der Waals surface area contributed by atoms with Gasteiger partial charge in [0.05, 0.1) is 5.69 Å². The maximum absolute atomic E-state index is 2.42. The molecule has 9 aromatic rings. The maximum atomic E-state index is 2.42. The SMILES string of the molecule is c1ccc(-c2ccccc2N(c2cccc(-c3ccc4ccccc4c3)c2)c2cccc(-c3cc4ccccc4c4ccccc34)c2)cc1. The molecule has 9 aromatic carbocycles. The first-order valence-corrected chi connectivity index (χ1v) is 16.8. The minimum Gasteiger partial charge on any atom is -0.310 e. The summed E-state index contributed by atoms with van der Waals surface area (Å²) >= 11 is 0. The van der Waals surface area contributed by atoms with E-state index in [4.69, 9.17) is 0 Å². The van der Waals surface area contributed by atoms with Crippen molar-refractivity contribution >= 4 is 49.4 Å². The quantitative estimate of drug-likeness (QED) is 0.167. The van der Waals surface area contributed by atoms with Crippen molar-refractivity contribution in [2.75, 3.05) is 4.90 Å². The Kier molecular flexibility index (Phi) is 7.22. The monoisotopic (exact) mass is 623 g/mol. The van der Waals surface area contributed by atoms with Crippen molar-refractivity contribution in [2.45, 2.75) is 0 Å². The summed E-state index contributed by atoms with van der Waals surface area (Å²) in [4.78, 5) is 2.42.